The maximum atomic E-state index is 10.8. The Morgan fingerprint density at radius 1 is 1.27 bits per heavy atom. The van der Waals surface area contributed by atoms with Gasteiger partial charge < -0.3 is 5.73 Å². The largest absolute Gasteiger partial charge is 0.365 e. The van der Waals surface area contributed by atoms with Crippen LogP contribution in [0.15, 0.2) is 0 Å². The fourth-order valence-electron chi connectivity index (χ4n) is 0.875. The van der Waals surface area contributed by atoms with Crippen molar-refractivity contribution in [3.8, 4) is 0 Å². The van der Waals surface area contributed by atoms with Gasteiger partial charge >= 0.3 is 0 Å². The maximum absolute atomic E-state index is 10.8. The van der Waals surface area contributed by atoms with Crippen LogP contribution >= 0.6 is 0 Å². The average Bonchev–Trinajstić information content (AvgIpc) is 1.85. The van der Waals surface area contributed by atoms with Gasteiger partial charge in [-0.3, -0.25) is 4.79 Å². The number of hydrogen-bond donors (Lipinski definition) is 1. The number of hydrogen-bond acceptors (Lipinski definition) is 4. The molecule has 0 saturated heterocycles. The number of nitrogens with zero attached hydrogens (tertiary/aromatic N) is 3. The van der Waals surface area contributed by atoms with Crippen molar-refractivity contribution < 1.29 is 4.79 Å². The molecule has 0 aromatic carbocycles. The Morgan fingerprint density at radius 3 is 2.00 bits per heavy atom. The minimum atomic E-state index is -0.512. The van der Waals surface area contributed by atoms with Crippen molar-refractivity contribution >= 4 is 5.91 Å². The summed E-state index contributed by atoms with van der Waals surface area (Å²) in [6.45, 7) is 3.34. The smallest absolute Gasteiger partial charge is 0.252 e. The lowest BCUT2D eigenvalue weighted by atomic mass is 10.2. The highest BCUT2D eigenvalue weighted by Crippen LogP contribution is 2.04. The minimum Gasteiger partial charge on any atom is -0.365 e. The zero-order chi connectivity index (χ0) is 8.43. The molecule has 11 heavy (non-hydrogen) atoms. The third-order valence-corrected chi connectivity index (χ3v) is 1.36. The molecule has 1 rings (SSSR count). The molecule has 0 fully saturated rings. The molecule has 1 aromatic heterocycles. The summed E-state index contributed by atoms with van der Waals surface area (Å²) < 4.78 is 0. The fourth-order valence-corrected chi connectivity index (χ4v) is 0.875. The van der Waals surface area contributed by atoms with E-state index in [1.165, 1.54) is 0 Å². The summed E-state index contributed by atoms with van der Waals surface area (Å²) in [5.74, 6) is -0.512. The van der Waals surface area contributed by atoms with Crippen molar-refractivity contribution in [1.82, 2.24) is 15.4 Å². The van der Waals surface area contributed by atoms with Crippen molar-refractivity contribution in [2.24, 2.45) is 5.73 Å². The molecule has 0 atom stereocenters. The first-order chi connectivity index (χ1) is 5.13. The number of aryl methyl sites for hydroxylation is 2. The number of carbonyl (C=O) groups is 1. The highest BCUT2D eigenvalue weighted by Gasteiger charge is 2.10. The van der Waals surface area contributed by atoms with Gasteiger partial charge in [-0.15, -0.1) is 10.2 Å². The van der Waals surface area contributed by atoms with Crippen molar-refractivity contribution in [3.05, 3.63) is 17.0 Å². The monoisotopic (exact) mass is 152 g/mol. The molecule has 0 aliphatic heterocycles. The summed E-state index contributed by atoms with van der Waals surface area (Å²) >= 11 is 0. The first-order valence-electron chi connectivity index (χ1n) is 3.09. The molecular formula is C6H8N4O. The van der Waals surface area contributed by atoms with Gasteiger partial charge in [-0.2, -0.15) is 0 Å². The predicted molar refractivity (Wildman–Crippen MR) is 37.8 cm³/mol. The first kappa shape index (κ1) is 7.59. The van der Waals surface area contributed by atoms with E-state index < -0.39 is 5.91 Å². The van der Waals surface area contributed by atoms with E-state index in [0.29, 0.717) is 17.0 Å². The van der Waals surface area contributed by atoms with Gasteiger partial charge in [0, 0.05) is 0 Å². The van der Waals surface area contributed by atoms with E-state index in [2.05, 4.69) is 15.4 Å². The molecule has 0 aliphatic rings. The molecule has 0 unspecified atom stereocenters. The molecule has 1 heterocycles. The second-order valence-corrected chi connectivity index (χ2v) is 2.20. The first-order valence-corrected chi connectivity index (χ1v) is 3.09. The number of carbonyl (C=O) groups excluding carboxylic acids is 1. The summed E-state index contributed by atoms with van der Waals surface area (Å²) in [4.78, 5) is 10.8. The standard InChI is InChI=1S/C6H8N4O/c1-3-5(6(7)11)4(2)9-10-8-3/h1-2H3,(H2,7,11). The Morgan fingerprint density at radius 2 is 1.73 bits per heavy atom. The molecule has 0 aliphatic carbocycles. The Kier molecular flexibility index (Phi) is 1.80. The number of amides is 1. The molecule has 0 saturated carbocycles. The van der Waals surface area contributed by atoms with Crippen LogP contribution in [0.4, 0.5) is 0 Å². The topological polar surface area (TPSA) is 81.8 Å². The Bertz CT molecular complexity index is 276. The van der Waals surface area contributed by atoms with Crippen LogP contribution in [0.3, 0.4) is 0 Å². The lowest BCUT2D eigenvalue weighted by molar-refractivity contribution is 0.0998. The second-order valence-electron chi connectivity index (χ2n) is 2.20. The minimum absolute atomic E-state index is 0.361. The summed E-state index contributed by atoms with van der Waals surface area (Å²) in [5.41, 5.74) is 6.47. The second kappa shape index (κ2) is 2.61. The third-order valence-electron chi connectivity index (χ3n) is 1.36. The van der Waals surface area contributed by atoms with Gasteiger partial charge in [0.05, 0.1) is 17.0 Å². The van der Waals surface area contributed by atoms with E-state index in [1.807, 2.05) is 0 Å². The van der Waals surface area contributed by atoms with E-state index in [4.69, 9.17) is 5.73 Å². The molecule has 1 aromatic rings. The van der Waals surface area contributed by atoms with Crippen LogP contribution in [0.5, 0.6) is 0 Å². The van der Waals surface area contributed by atoms with Crippen LogP contribution in [0.1, 0.15) is 21.7 Å². The number of primary amides is 1. The Labute approximate surface area is 63.6 Å². The zero-order valence-electron chi connectivity index (χ0n) is 6.33. The van der Waals surface area contributed by atoms with Crippen molar-refractivity contribution in [3.63, 3.8) is 0 Å². The molecule has 5 heteroatoms. The average molecular weight is 152 g/mol. The van der Waals surface area contributed by atoms with Crippen molar-refractivity contribution in [1.29, 1.82) is 0 Å². The van der Waals surface area contributed by atoms with E-state index in [0.717, 1.165) is 0 Å². The van der Waals surface area contributed by atoms with Gasteiger partial charge in [-0.1, -0.05) is 0 Å². The molecule has 5 nitrogen and oxygen atoms in total. The lowest BCUT2D eigenvalue weighted by Gasteiger charge is -1.99. The summed E-state index contributed by atoms with van der Waals surface area (Å²) in [6, 6.07) is 0. The lowest BCUT2D eigenvalue weighted by Crippen LogP contribution is -2.17. The van der Waals surface area contributed by atoms with Gasteiger partial charge in [0.25, 0.3) is 5.91 Å². The highest BCUT2D eigenvalue weighted by molar-refractivity contribution is 5.94. The third kappa shape index (κ3) is 1.31. The quantitative estimate of drug-likeness (QED) is 0.592. The predicted octanol–water partition coefficient (Wildman–Crippen LogP) is -0.413. The molecule has 0 spiro atoms. The van der Waals surface area contributed by atoms with Crippen LogP contribution in [0.25, 0.3) is 0 Å². The van der Waals surface area contributed by atoms with E-state index in [9.17, 15) is 4.79 Å². The molecule has 1 amide bonds. The van der Waals surface area contributed by atoms with E-state index >= 15 is 0 Å². The number of aromatic nitrogens is 3. The van der Waals surface area contributed by atoms with Crippen LogP contribution in [0.2, 0.25) is 0 Å². The Hall–Kier alpha value is -1.52. The van der Waals surface area contributed by atoms with Crippen LogP contribution in [-0.4, -0.2) is 21.3 Å². The van der Waals surface area contributed by atoms with Gasteiger partial charge in [0.2, 0.25) is 0 Å². The zero-order valence-corrected chi connectivity index (χ0v) is 6.33. The fraction of sp³-hybridized carbons (Fsp3) is 0.333. The summed E-state index contributed by atoms with van der Waals surface area (Å²) in [5, 5.41) is 10.6. The molecule has 58 valence electrons. The van der Waals surface area contributed by atoms with Gasteiger partial charge in [-0.05, 0) is 19.1 Å². The molecule has 0 radical (unpaired) electrons. The van der Waals surface area contributed by atoms with Gasteiger partial charge in [0.15, 0.2) is 0 Å². The van der Waals surface area contributed by atoms with Crippen molar-refractivity contribution in [2.45, 2.75) is 13.8 Å². The summed E-state index contributed by atoms with van der Waals surface area (Å²) in [6.07, 6.45) is 0. The van der Waals surface area contributed by atoms with Crippen LogP contribution in [0, 0.1) is 13.8 Å². The maximum Gasteiger partial charge on any atom is 0.252 e. The van der Waals surface area contributed by atoms with Gasteiger partial charge in [-0.25, -0.2) is 0 Å². The normalized spacial score (nSPS) is 9.64. The van der Waals surface area contributed by atoms with Crippen LogP contribution in [-0.2, 0) is 0 Å². The van der Waals surface area contributed by atoms with Crippen molar-refractivity contribution in [2.75, 3.05) is 0 Å². The molecule has 0 bridgehead atoms. The highest BCUT2D eigenvalue weighted by atomic mass is 16.1. The van der Waals surface area contributed by atoms with Crippen LogP contribution < -0.4 is 5.73 Å². The van der Waals surface area contributed by atoms with E-state index in [1.54, 1.807) is 13.8 Å². The number of nitrogens with two attached hydrogens (primary N) is 1. The Balaban J connectivity index is 3.32. The van der Waals surface area contributed by atoms with Gasteiger partial charge in [0.1, 0.15) is 0 Å². The van der Waals surface area contributed by atoms with E-state index in [-0.39, 0.29) is 0 Å². The SMILES string of the molecule is Cc1nnnc(C)c1C(N)=O. The summed E-state index contributed by atoms with van der Waals surface area (Å²) in [7, 11) is 0. The molecular weight excluding hydrogens is 144 g/mol. The molecule has 2 N–H and O–H groups in total. The number of rotatable bonds is 1.